The summed E-state index contributed by atoms with van der Waals surface area (Å²) < 4.78 is 0.881. The Morgan fingerprint density at radius 2 is 2.08 bits per heavy atom. The number of amides is 1. The molecule has 3 rings (SSSR count). The van der Waals surface area contributed by atoms with Gasteiger partial charge in [-0.3, -0.25) is 9.69 Å². The van der Waals surface area contributed by atoms with Crippen LogP contribution in [0.1, 0.15) is 19.5 Å². The molecule has 0 saturated heterocycles. The molecule has 0 spiro atoms. The van der Waals surface area contributed by atoms with Crippen molar-refractivity contribution in [2.45, 2.75) is 23.9 Å². The number of thioether (sulfide) groups is 1. The third-order valence-electron chi connectivity index (χ3n) is 3.24. The van der Waals surface area contributed by atoms with Gasteiger partial charge in [-0.2, -0.15) is 0 Å². The number of hydrogen-bond acceptors (Lipinski definition) is 8. The van der Waals surface area contributed by atoms with Gasteiger partial charge in [-0.15, -0.1) is 21.5 Å². The molecule has 0 unspecified atom stereocenters. The highest BCUT2D eigenvalue weighted by atomic mass is 32.2. The first-order valence-corrected chi connectivity index (χ1v) is 10.3. The standard InChI is InChI=1S/C16H17N5OS3/c1-3-21(11(2)22)15-18-13(9-23-15)10-24-16-20-19-14(25-16)17-12-7-5-4-6-8-12/h4-9H,3,10H2,1-2H3,(H,17,19). The van der Waals surface area contributed by atoms with Gasteiger partial charge in [0.25, 0.3) is 0 Å². The van der Waals surface area contributed by atoms with Crippen LogP contribution in [-0.2, 0) is 10.5 Å². The molecular weight excluding hydrogens is 374 g/mol. The Balaban J connectivity index is 1.57. The maximum atomic E-state index is 11.6. The van der Waals surface area contributed by atoms with Crippen molar-refractivity contribution >= 4 is 56.3 Å². The van der Waals surface area contributed by atoms with Crippen molar-refractivity contribution in [2.75, 3.05) is 16.8 Å². The molecule has 3 aromatic rings. The molecule has 1 aromatic carbocycles. The monoisotopic (exact) mass is 391 g/mol. The van der Waals surface area contributed by atoms with Crippen LogP contribution in [0.2, 0.25) is 0 Å². The normalized spacial score (nSPS) is 10.6. The Hall–Kier alpha value is -1.97. The number of aromatic nitrogens is 3. The molecule has 0 aliphatic heterocycles. The molecule has 1 N–H and O–H groups in total. The van der Waals surface area contributed by atoms with E-state index in [1.165, 1.54) is 22.7 Å². The van der Waals surface area contributed by atoms with Crippen molar-refractivity contribution in [1.82, 2.24) is 15.2 Å². The summed E-state index contributed by atoms with van der Waals surface area (Å²) in [6.07, 6.45) is 0. The fourth-order valence-corrected chi connectivity index (χ4v) is 4.78. The first-order valence-electron chi connectivity index (χ1n) is 7.66. The van der Waals surface area contributed by atoms with E-state index in [-0.39, 0.29) is 5.91 Å². The van der Waals surface area contributed by atoms with E-state index in [9.17, 15) is 4.79 Å². The van der Waals surface area contributed by atoms with Crippen molar-refractivity contribution in [3.05, 3.63) is 41.4 Å². The third-order valence-corrected chi connectivity index (χ3v) is 6.16. The molecule has 2 aromatic heterocycles. The highest BCUT2D eigenvalue weighted by molar-refractivity contribution is 8.00. The number of benzene rings is 1. The summed E-state index contributed by atoms with van der Waals surface area (Å²) in [7, 11) is 0. The number of thiazole rings is 1. The number of nitrogens with one attached hydrogen (secondary N) is 1. The molecule has 0 radical (unpaired) electrons. The summed E-state index contributed by atoms with van der Waals surface area (Å²) in [4.78, 5) is 17.8. The van der Waals surface area contributed by atoms with Gasteiger partial charge < -0.3 is 5.32 Å². The molecule has 1 amide bonds. The van der Waals surface area contributed by atoms with E-state index in [2.05, 4.69) is 20.5 Å². The zero-order chi connectivity index (χ0) is 17.6. The van der Waals surface area contributed by atoms with Crippen LogP contribution in [0.4, 0.5) is 16.0 Å². The van der Waals surface area contributed by atoms with Crippen molar-refractivity contribution < 1.29 is 4.79 Å². The van der Waals surface area contributed by atoms with Gasteiger partial charge in [-0.1, -0.05) is 41.3 Å². The van der Waals surface area contributed by atoms with Crippen LogP contribution in [0.3, 0.4) is 0 Å². The quantitative estimate of drug-likeness (QED) is 0.602. The van der Waals surface area contributed by atoms with Crippen LogP contribution >= 0.6 is 34.4 Å². The number of carbonyl (C=O) groups excluding carboxylic acids is 1. The highest BCUT2D eigenvalue weighted by Crippen LogP contribution is 2.31. The minimum absolute atomic E-state index is 0.0109. The molecule has 0 fully saturated rings. The molecule has 0 saturated carbocycles. The van der Waals surface area contributed by atoms with Crippen molar-refractivity contribution in [1.29, 1.82) is 0 Å². The number of nitrogens with zero attached hydrogens (tertiary/aromatic N) is 4. The molecule has 0 bridgehead atoms. The van der Waals surface area contributed by atoms with Gasteiger partial charge in [0.1, 0.15) is 0 Å². The fraction of sp³-hybridized carbons (Fsp3) is 0.250. The lowest BCUT2D eigenvalue weighted by atomic mass is 10.3. The Labute approximate surface area is 158 Å². The van der Waals surface area contributed by atoms with Gasteiger partial charge >= 0.3 is 0 Å². The number of rotatable bonds is 7. The van der Waals surface area contributed by atoms with Gasteiger partial charge in [0, 0.05) is 30.3 Å². The van der Waals surface area contributed by atoms with E-state index in [1.807, 2.05) is 42.6 Å². The second-order valence-corrected chi connectivity index (χ2v) is 8.07. The lowest BCUT2D eigenvalue weighted by Crippen LogP contribution is -2.27. The molecule has 130 valence electrons. The summed E-state index contributed by atoms with van der Waals surface area (Å²) in [5.41, 5.74) is 1.93. The summed E-state index contributed by atoms with van der Waals surface area (Å²) >= 11 is 4.59. The summed E-state index contributed by atoms with van der Waals surface area (Å²) in [5.74, 6) is 0.711. The molecule has 0 atom stereocenters. The van der Waals surface area contributed by atoms with Crippen LogP contribution < -0.4 is 10.2 Å². The topological polar surface area (TPSA) is 71.0 Å². The Morgan fingerprint density at radius 3 is 2.80 bits per heavy atom. The third kappa shape index (κ3) is 4.77. The van der Waals surface area contributed by atoms with Gasteiger partial charge in [0.05, 0.1) is 5.69 Å². The number of hydrogen-bond donors (Lipinski definition) is 1. The largest absolute Gasteiger partial charge is 0.330 e. The number of para-hydroxylation sites is 1. The van der Waals surface area contributed by atoms with Gasteiger partial charge in [0.15, 0.2) is 9.47 Å². The number of carbonyl (C=O) groups is 1. The molecule has 0 aliphatic rings. The molecule has 2 heterocycles. The average molecular weight is 392 g/mol. The second kappa shape index (κ2) is 8.41. The SMILES string of the molecule is CCN(C(C)=O)c1nc(CSc2nnc(Nc3ccccc3)s2)cs1. The maximum Gasteiger partial charge on any atom is 0.225 e. The van der Waals surface area contributed by atoms with E-state index in [1.54, 1.807) is 23.6 Å². The lowest BCUT2D eigenvalue weighted by molar-refractivity contribution is -0.116. The predicted molar refractivity (Wildman–Crippen MR) is 105 cm³/mol. The fourth-order valence-electron chi connectivity index (χ4n) is 2.08. The second-order valence-electron chi connectivity index (χ2n) is 5.04. The summed E-state index contributed by atoms with van der Waals surface area (Å²) in [6, 6.07) is 9.89. The minimum Gasteiger partial charge on any atom is -0.330 e. The Kier molecular flexibility index (Phi) is 6.00. The molecule has 6 nitrogen and oxygen atoms in total. The van der Waals surface area contributed by atoms with Gasteiger partial charge in [0.2, 0.25) is 11.0 Å². The van der Waals surface area contributed by atoms with Crippen LogP contribution in [0.25, 0.3) is 0 Å². The minimum atomic E-state index is 0.0109. The Bertz CT molecular complexity index is 833. The molecule has 0 aliphatic carbocycles. The van der Waals surface area contributed by atoms with E-state index < -0.39 is 0 Å². The van der Waals surface area contributed by atoms with E-state index in [0.717, 1.165) is 26.0 Å². The predicted octanol–water partition coefficient (Wildman–Crippen LogP) is 4.40. The highest BCUT2D eigenvalue weighted by Gasteiger charge is 2.14. The smallest absolute Gasteiger partial charge is 0.225 e. The summed E-state index contributed by atoms with van der Waals surface area (Å²) in [6.45, 7) is 4.13. The van der Waals surface area contributed by atoms with E-state index in [4.69, 9.17) is 0 Å². The van der Waals surface area contributed by atoms with Crippen molar-refractivity contribution in [3.63, 3.8) is 0 Å². The van der Waals surface area contributed by atoms with Crippen LogP contribution in [0, 0.1) is 0 Å². The first-order chi connectivity index (χ1) is 12.2. The van der Waals surface area contributed by atoms with E-state index in [0.29, 0.717) is 12.3 Å². The lowest BCUT2D eigenvalue weighted by Gasteiger charge is -2.14. The van der Waals surface area contributed by atoms with Gasteiger partial charge in [-0.25, -0.2) is 4.98 Å². The molecule has 9 heteroatoms. The first kappa shape index (κ1) is 17.8. The maximum absolute atomic E-state index is 11.6. The average Bonchev–Trinajstić information content (AvgIpc) is 3.24. The van der Waals surface area contributed by atoms with Crippen molar-refractivity contribution in [3.8, 4) is 0 Å². The zero-order valence-electron chi connectivity index (χ0n) is 13.8. The molecule has 25 heavy (non-hydrogen) atoms. The van der Waals surface area contributed by atoms with Crippen LogP contribution in [-0.4, -0.2) is 27.6 Å². The van der Waals surface area contributed by atoms with Gasteiger partial charge in [-0.05, 0) is 19.1 Å². The van der Waals surface area contributed by atoms with Crippen LogP contribution in [0.15, 0.2) is 40.1 Å². The van der Waals surface area contributed by atoms with Crippen LogP contribution in [0.5, 0.6) is 0 Å². The number of anilines is 3. The summed E-state index contributed by atoms with van der Waals surface area (Å²) in [5, 5.41) is 15.1. The molecular formula is C16H17N5OS3. The zero-order valence-corrected chi connectivity index (χ0v) is 16.2. The Morgan fingerprint density at radius 1 is 1.28 bits per heavy atom. The van der Waals surface area contributed by atoms with Crippen molar-refractivity contribution in [2.24, 2.45) is 0 Å². The van der Waals surface area contributed by atoms with E-state index >= 15 is 0 Å².